The van der Waals surface area contributed by atoms with Crippen molar-refractivity contribution in [1.82, 2.24) is 5.32 Å². The number of hydrogen-bond donors (Lipinski definition) is 1. The van der Waals surface area contributed by atoms with Crippen molar-refractivity contribution < 1.29 is 0 Å². The van der Waals surface area contributed by atoms with E-state index in [1.165, 1.54) is 28.4 Å². The third-order valence-corrected chi connectivity index (χ3v) is 5.04. The average molecular weight is 391 g/mol. The Labute approximate surface area is 141 Å². The van der Waals surface area contributed by atoms with Crippen LogP contribution in [0.4, 0.5) is 0 Å². The van der Waals surface area contributed by atoms with E-state index >= 15 is 0 Å². The molecule has 1 nitrogen and oxygen atoms in total. The fourth-order valence-corrected chi connectivity index (χ4v) is 3.80. The van der Waals surface area contributed by atoms with Gasteiger partial charge >= 0.3 is 0 Å². The summed E-state index contributed by atoms with van der Waals surface area (Å²) in [7, 11) is 0. The van der Waals surface area contributed by atoms with Crippen LogP contribution in [0.1, 0.15) is 48.4 Å². The molecule has 2 heteroatoms. The quantitative estimate of drug-likeness (QED) is 0.679. The second-order valence-corrected chi connectivity index (χ2v) is 7.14. The average Bonchev–Trinajstić information content (AvgIpc) is 2.48. The molecule has 1 N–H and O–H groups in total. The third kappa shape index (κ3) is 3.49. The molecule has 1 aliphatic rings. The summed E-state index contributed by atoms with van der Waals surface area (Å²) in [5, 5.41) is 3.74. The van der Waals surface area contributed by atoms with Gasteiger partial charge in [-0.25, -0.2) is 0 Å². The van der Waals surface area contributed by atoms with E-state index < -0.39 is 0 Å². The van der Waals surface area contributed by atoms with Crippen LogP contribution in [0.2, 0.25) is 0 Å². The van der Waals surface area contributed by atoms with Crippen molar-refractivity contribution in [2.24, 2.45) is 0 Å². The van der Waals surface area contributed by atoms with Gasteiger partial charge in [-0.1, -0.05) is 43.3 Å². The van der Waals surface area contributed by atoms with Gasteiger partial charge in [0.15, 0.2) is 0 Å². The highest BCUT2D eigenvalue weighted by molar-refractivity contribution is 14.1. The van der Waals surface area contributed by atoms with Crippen molar-refractivity contribution in [2.75, 3.05) is 6.54 Å². The van der Waals surface area contributed by atoms with Gasteiger partial charge in [-0.05, 0) is 83.1 Å². The molecular weight excluding hydrogens is 369 g/mol. The predicted molar refractivity (Wildman–Crippen MR) is 97.7 cm³/mol. The summed E-state index contributed by atoms with van der Waals surface area (Å²) in [4.78, 5) is 0. The van der Waals surface area contributed by atoms with Crippen LogP contribution < -0.4 is 5.32 Å². The van der Waals surface area contributed by atoms with Crippen molar-refractivity contribution >= 4 is 22.6 Å². The number of halogens is 1. The highest BCUT2D eigenvalue weighted by Crippen LogP contribution is 2.40. The lowest BCUT2D eigenvalue weighted by Crippen LogP contribution is -2.27. The molecule has 0 spiro atoms. The molecule has 0 fully saturated rings. The molecule has 0 saturated carbocycles. The van der Waals surface area contributed by atoms with E-state index in [1.807, 2.05) is 0 Å². The van der Waals surface area contributed by atoms with E-state index in [0.717, 1.165) is 6.54 Å². The minimum atomic E-state index is 0.470. The highest BCUT2D eigenvalue weighted by atomic mass is 127. The molecule has 0 bridgehead atoms. The Kier molecular flexibility index (Phi) is 4.96. The van der Waals surface area contributed by atoms with E-state index in [4.69, 9.17) is 0 Å². The molecule has 2 aromatic rings. The summed E-state index contributed by atoms with van der Waals surface area (Å²) in [6.45, 7) is 3.32. The Bertz CT molecular complexity index is 608. The smallest absolute Gasteiger partial charge is 0.0326 e. The van der Waals surface area contributed by atoms with Crippen LogP contribution >= 0.6 is 22.6 Å². The van der Waals surface area contributed by atoms with Crippen LogP contribution in [-0.4, -0.2) is 6.54 Å². The lowest BCUT2D eigenvalue weighted by Gasteiger charge is -2.33. The van der Waals surface area contributed by atoms with E-state index in [1.54, 1.807) is 11.1 Å². The molecule has 0 radical (unpaired) electrons. The van der Waals surface area contributed by atoms with Crippen molar-refractivity contribution in [3.05, 3.63) is 68.8 Å². The monoisotopic (exact) mass is 391 g/mol. The molecule has 2 atom stereocenters. The first-order valence-electron chi connectivity index (χ1n) is 7.84. The van der Waals surface area contributed by atoms with Gasteiger partial charge in [0.25, 0.3) is 0 Å². The number of hydrogen-bond acceptors (Lipinski definition) is 1. The molecule has 0 aliphatic heterocycles. The lowest BCUT2D eigenvalue weighted by molar-refractivity contribution is 0.428. The molecule has 2 unspecified atom stereocenters. The predicted octanol–water partition coefficient (Wildman–Crippen LogP) is 5.06. The molecule has 0 heterocycles. The number of fused-ring (bicyclic) bond motifs is 1. The Morgan fingerprint density at radius 3 is 2.81 bits per heavy atom. The zero-order valence-electron chi connectivity index (χ0n) is 12.5. The van der Waals surface area contributed by atoms with Crippen molar-refractivity contribution in [2.45, 2.75) is 38.1 Å². The van der Waals surface area contributed by atoms with Gasteiger partial charge in [0.1, 0.15) is 0 Å². The molecular formula is C19H22IN. The molecule has 0 amide bonds. The zero-order valence-corrected chi connectivity index (χ0v) is 14.6. The highest BCUT2D eigenvalue weighted by Gasteiger charge is 2.28. The minimum Gasteiger partial charge on any atom is -0.310 e. The van der Waals surface area contributed by atoms with Crippen molar-refractivity contribution in [3.8, 4) is 0 Å². The number of rotatable bonds is 6. The van der Waals surface area contributed by atoms with Crippen LogP contribution in [-0.2, 0) is 6.42 Å². The Balaban J connectivity index is 1.75. The van der Waals surface area contributed by atoms with Crippen LogP contribution in [0.15, 0.2) is 48.5 Å². The molecule has 21 heavy (non-hydrogen) atoms. The van der Waals surface area contributed by atoms with Gasteiger partial charge in [-0.3, -0.25) is 0 Å². The molecule has 110 valence electrons. The maximum absolute atomic E-state index is 3.74. The van der Waals surface area contributed by atoms with E-state index in [2.05, 4.69) is 83.4 Å². The minimum absolute atomic E-state index is 0.470. The molecule has 1 aliphatic carbocycles. The van der Waals surface area contributed by atoms with Crippen LogP contribution in [0.3, 0.4) is 0 Å². The Morgan fingerprint density at radius 1 is 1.19 bits per heavy atom. The summed E-state index contributed by atoms with van der Waals surface area (Å²) in [6, 6.07) is 18.3. The van der Waals surface area contributed by atoms with Crippen LogP contribution in [0.5, 0.6) is 0 Å². The first-order chi connectivity index (χ1) is 10.3. The second-order valence-electron chi connectivity index (χ2n) is 5.90. The summed E-state index contributed by atoms with van der Waals surface area (Å²) < 4.78 is 1.32. The number of benzene rings is 2. The standard InChI is InChI=1S/C19H22IN/c1-2-10-21-19(15-7-5-8-17(20)12-15)13-16-11-14-6-3-4-9-18(14)16/h3-9,12,16,19,21H,2,10-11,13H2,1H3. The van der Waals surface area contributed by atoms with E-state index in [-0.39, 0.29) is 0 Å². The second kappa shape index (κ2) is 6.93. The van der Waals surface area contributed by atoms with Gasteiger partial charge in [0, 0.05) is 9.61 Å². The Hall–Kier alpha value is -0.870. The van der Waals surface area contributed by atoms with Gasteiger partial charge in [0.2, 0.25) is 0 Å². The first-order valence-corrected chi connectivity index (χ1v) is 8.92. The normalized spacial score (nSPS) is 17.9. The van der Waals surface area contributed by atoms with Gasteiger partial charge < -0.3 is 5.32 Å². The maximum atomic E-state index is 3.74. The summed E-state index contributed by atoms with van der Waals surface area (Å²) in [6.07, 6.45) is 3.63. The Morgan fingerprint density at radius 2 is 2.05 bits per heavy atom. The summed E-state index contributed by atoms with van der Waals surface area (Å²) in [5.41, 5.74) is 4.53. The number of nitrogens with one attached hydrogen (secondary N) is 1. The van der Waals surface area contributed by atoms with Crippen molar-refractivity contribution in [1.29, 1.82) is 0 Å². The van der Waals surface area contributed by atoms with Crippen LogP contribution in [0, 0.1) is 3.57 Å². The molecule has 0 saturated heterocycles. The zero-order chi connectivity index (χ0) is 14.7. The van der Waals surface area contributed by atoms with E-state index in [9.17, 15) is 0 Å². The lowest BCUT2D eigenvalue weighted by atomic mass is 9.74. The van der Waals surface area contributed by atoms with Crippen LogP contribution in [0.25, 0.3) is 0 Å². The largest absolute Gasteiger partial charge is 0.310 e. The fraction of sp³-hybridized carbons (Fsp3) is 0.368. The molecule has 3 rings (SSSR count). The first kappa shape index (κ1) is 15.0. The fourth-order valence-electron chi connectivity index (χ4n) is 3.24. The summed E-state index contributed by atoms with van der Waals surface area (Å²) in [5.74, 6) is 0.716. The maximum Gasteiger partial charge on any atom is 0.0326 e. The topological polar surface area (TPSA) is 12.0 Å². The molecule has 0 aromatic heterocycles. The molecule has 2 aromatic carbocycles. The van der Waals surface area contributed by atoms with Gasteiger partial charge in [0.05, 0.1) is 0 Å². The SMILES string of the molecule is CCCNC(CC1Cc2ccccc21)c1cccc(I)c1. The van der Waals surface area contributed by atoms with Crippen molar-refractivity contribution in [3.63, 3.8) is 0 Å². The summed E-state index contributed by atoms with van der Waals surface area (Å²) >= 11 is 2.41. The van der Waals surface area contributed by atoms with Gasteiger partial charge in [-0.2, -0.15) is 0 Å². The van der Waals surface area contributed by atoms with Gasteiger partial charge in [-0.15, -0.1) is 0 Å². The van der Waals surface area contributed by atoms with E-state index in [0.29, 0.717) is 12.0 Å². The third-order valence-electron chi connectivity index (χ3n) is 4.37.